The lowest BCUT2D eigenvalue weighted by Gasteiger charge is -2.43. The van der Waals surface area contributed by atoms with Gasteiger partial charge in [-0.1, -0.05) is 52.0 Å². The van der Waals surface area contributed by atoms with Crippen molar-refractivity contribution >= 4 is 25.3 Å². The van der Waals surface area contributed by atoms with Crippen molar-refractivity contribution in [1.29, 1.82) is 0 Å². The van der Waals surface area contributed by atoms with Crippen LogP contribution in [0.4, 0.5) is 0 Å². The predicted molar refractivity (Wildman–Crippen MR) is 93.4 cm³/mol. The fraction of sp³-hybridized carbons (Fsp3) is 0.333. The van der Waals surface area contributed by atoms with Gasteiger partial charge in [-0.2, -0.15) is 0 Å². The molecule has 0 saturated carbocycles. The highest BCUT2D eigenvalue weighted by atomic mass is 32.1. The summed E-state index contributed by atoms with van der Waals surface area (Å²) in [5.41, 5.74) is 2.70. The minimum Gasteiger partial charge on any atom is -0.143 e. The summed E-state index contributed by atoms with van der Waals surface area (Å²) in [7, 11) is 0. The zero-order chi connectivity index (χ0) is 15.0. The van der Waals surface area contributed by atoms with Crippen LogP contribution < -0.4 is 0 Å². The van der Waals surface area contributed by atoms with Crippen molar-refractivity contribution in [3.8, 4) is 0 Å². The van der Waals surface area contributed by atoms with E-state index in [0.717, 1.165) is 9.79 Å². The first-order chi connectivity index (χ1) is 9.25. The van der Waals surface area contributed by atoms with Gasteiger partial charge < -0.3 is 0 Å². The Labute approximate surface area is 133 Å². The molecule has 0 N–H and O–H groups in total. The molecule has 0 heterocycles. The van der Waals surface area contributed by atoms with Crippen molar-refractivity contribution < 1.29 is 0 Å². The van der Waals surface area contributed by atoms with Crippen molar-refractivity contribution in [3.63, 3.8) is 0 Å². The average molecular weight is 303 g/mol. The highest BCUT2D eigenvalue weighted by molar-refractivity contribution is 7.80. The highest BCUT2D eigenvalue weighted by Gasteiger charge is 2.39. The summed E-state index contributed by atoms with van der Waals surface area (Å²) in [4.78, 5) is 2.00. The molecule has 2 aromatic carbocycles. The molecule has 0 bridgehead atoms. The molecule has 0 saturated heterocycles. The summed E-state index contributed by atoms with van der Waals surface area (Å²) in [5, 5.41) is 0. The summed E-state index contributed by atoms with van der Waals surface area (Å²) in [6.45, 7) is 9.20. The lowest BCUT2D eigenvalue weighted by atomic mass is 9.61. The average Bonchev–Trinajstić information content (AvgIpc) is 2.39. The van der Waals surface area contributed by atoms with Crippen LogP contribution in [0.25, 0.3) is 0 Å². The first-order valence-electron chi connectivity index (χ1n) is 6.84. The molecule has 0 nitrogen and oxygen atoms in total. The van der Waals surface area contributed by atoms with Gasteiger partial charge in [-0.25, -0.2) is 0 Å². The maximum Gasteiger partial charge on any atom is 0.00401 e. The van der Waals surface area contributed by atoms with Crippen LogP contribution in [0.15, 0.2) is 58.3 Å². The standard InChI is InChI=1S/C18H22S2/c1-17(2,13-5-9-15(19)10-6-13)18(3,4)14-7-11-16(20)12-8-14/h5-12,19-20H,1-4H3. The van der Waals surface area contributed by atoms with E-state index in [1.165, 1.54) is 11.1 Å². The van der Waals surface area contributed by atoms with Gasteiger partial charge in [-0.3, -0.25) is 0 Å². The Balaban J connectivity index is 2.45. The first-order valence-corrected chi connectivity index (χ1v) is 7.73. The Kier molecular flexibility index (Phi) is 4.27. The van der Waals surface area contributed by atoms with E-state index >= 15 is 0 Å². The van der Waals surface area contributed by atoms with E-state index < -0.39 is 0 Å². The smallest absolute Gasteiger partial charge is 0.00401 e. The van der Waals surface area contributed by atoms with Gasteiger partial charge in [0.05, 0.1) is 0 Å². The zero-order valence-electron chi connectivity index (χ0n) is 12.5. The summed E-state index contributed by atoms with van der Waals surface area (Å²) >= 11 is 8.75. The van der Waals surface area contributed by atoms with Crippen molar-refractivity contribution in [1.82, 2.24) is 0 Å². The van der Waals surface area contributed by atoms with Gasteiger partial charge in [-0.15, -0.1) is 25.3 Å². The van der Waals surface area contributed by atoms with Crippen molar-refractivity contribution in [2.45, 2.75) is 48.3 Å². The molecule has 20 heavy (non-hydrogen) atoms. The van der Waals surface area contributed by atoms with Crippen LogP contribution >= 0.6 is 25.3 Å². The van der Waals surface area contributed by atoms with E-state index in [-0.39, 0.29) is 10.8 Å². The van der Waals surface area contributed by atoms with Crippen molar-refractivity contribution in [2.75, 3.05) is 0 Å². The van der Waals surface area contributed by atoms with Gasteiger partial charge in [-0.05, 0) is 46.2 Å². The van der Waals surface area contributed by atoms with Crippen LogP contribution in [-0.4, -0.2) is 0 Å². The lowest BCUT2D eigenvalue weighted by Crippen LogP contribution is -2.40. The van der Waals surface area contributed by atoms with Crippen molar-refractivity contribution in [3.05, 3.63) is 59.7 Å². The van der Waals surface area contributed by atoms with Gasteiger partial charge in [0.15, 0.2) is 0 Å². The molecule has 0 aromatic heterocycles. The van der Waals surface area contributed by atoms with Crippen LogP contribution in [0.2, 0.25) is 0 Å². The largest absolute Gasteiger partial charge is 0.143 e. The third kappa shape index (κ3) is 2.77. The molecular weight excluding hydrogens is 280 g/mol. The number of benzene rings is 2. The third-order valence-electron chi connectivity index (χ3n) is 4.74. The lowest BCUT2D eigenvalue weighted by molar-refractivity contribution is 0.302. The number of hydrogen-bond acceptors (Lipinski definition) is 2. The van der Waals surface area contributed by atoms with Gasteiger partial charge in [0, 0.05) is 9.79 Å². The second kappa shape index (κ2) is 5.50. The molecule has 0 amide bonds. The van der Waals surface area contributed by atoms with E-state index in [4.69, 9.17) is 0 Å². The Morgan fingerprint density at radius 3 is 1.05 bits per heavy atom. The summed E-state index contributed by atoms with van der Waals surface area (Å²) in [5.74, 6) is 0. The molecule has 0 fully saturated rings. The van der Waals surface area contributed by atoms with Crippen molar-refractivity contribution in [2.24, 2.45) is 0 Å². The number of thiol groups is 2. The van der Waals surface area contributed by atoms with Crippen LogP contribution in [0.1, 0.15) is 38.8 Å². The number of rotatable bonds is 3. The Hall–Kier alpha value is -0.860. The molecule has 2 aromatic rings. The fourth-order valence-electron chi connectivity index (χ4n) is 2.48. The Morgan fingerprint density at radius 1 is 0.550 bits per heavy atom. The second-order valence-electron chi connectivity index (χ2n) is 6.34. The quantitative estimate of drug-likeness (QED) is 0.685. The predicted octanol–water partition coefficient (Wildman–Crippen LogP) is 5.52. The molecule has 0 aliphatic heterocycles. The normalized spacial score (nSPS) is 12.5. The van der Waals surface area contributed by atoms with E-state index in [9.17, 15) is 0 Å². The van der Waals surface area contributed by atoms with Crippen LogP contribution in [-0.2, 0) is 10.8 Å². The number of hydrogen-bond donors (Lipinski definition) is 2. The molecule has 2 rings (SSSR count). The third-order valence-corrected chi connectivity index (χ3v) is 5.34. The SMILES string of the molecule is CC(C)(c1ccc(S)cc1)C(C)(C)c1ccc(S)cc1. The minimum atomic E-state index is 0.0204. The van der Waals surface area contributed by atoms with E-state index in [0.29, 0.717) is 0 Å². The topological polar surface area (TPSA) is 0 Å². The highest BCUT2D eigenvalue weighted by Crippen LogP contribution is 2.43. The summed E-state index contributed by atoms with van der Waals surface area (Å²) < 4.78 is 0. The molecule has 106 valence electrons. The van der Waals surface area contributed by atoms with E-state index in [2.05, 4.69) is 101 Å². The Bertz CT molecular complexity index is 522. The molecule has 0 spiro atoms. The van der Waals surface area contributed by atoms with Gasteiger partial charge in [0.25, 0.3) is 0 Å². The van der Waals surface area contributed by atoms with E-state index in [1.807, 2.05) is 0 Å². The molecule has 0 atom stereocenters. The molecule has 2 heteroatoms. The van der Waals surface area contributed by atoms with Crippen LogP contribution in [0, 0.1) is 0 Å². The van der Waals surface area contributed by atoms with Gasteiger partial charge in [0.2, 0.25) is 0 Å². The second-order valence-corrected chi connectivity index (χ2v) is 7.38. The first kappa shape index (κ1) is 15.5. The molecule has 0 aliphatic carbocycles. The molecular formula is C18H22S2. The van der Waals surface area contributed by atoms with Gasteiger partial charge >= 0.3 is 0 Å². The van der Waals surface area contributed by atoms with Gasteiger partial charge in [0.1, 0.15) is 0 Å². The maximum atomic E-state index is 4.37. The Morgan fingerprint density at radius 2 is 0.800 bits per heavy atom. The summed E-state index contributed by atoms with van der Waals surface area (Å²) in [6, 6.07) is 17.0. The van der Waals surface area contributed by atoms with Crippen LogP contribution in [0.3, 0.4) is 0 Å². The molecule has 0 radical (unpaired) electrons. The fourth-order valence-corrected chi connectivity index (χ4v) is 2.78. The van der Waals surface area contributed by atoms with Crippen LogP contribution in [0.5, 0.6) is 0 Å². The monoisotopic (exact) mass is 302 g/mol. The summed E-state index contributed by atoms with van der Waals surface area (Å²) in [6.07, 6.45) is 0. The minimum absolute atomic E-state index is 0.0204. The van der Waals surface area contributed by atoms with E-state index in [1.54, 1.807) is 0 Å². The zero-order valence-corrected chi connectivity index (χ0v) is 14.3. The maximum absolute atomic E-state index is 4.37. The molecule has 0 unspecified atom stereocenters. The molecule has 0 aliphatic rings.